The second kappa shape index (κ2) is 4.10. The Labute approximate surface area is 65.5 Å². The van der Waals surface area contributed by atoms with Crippen molar-refractivity contribution in [2.45, 2.75) is 13.2 Å². The molecule has 0 bridgehead atoms. The largest absolute Gasteiger partial charge is 0.378 e. The molecule has 0 unspecified atom stereocenters. The highest BCUT2D eigenvalue weighted by molar-refractivity contribution is 5.06. The monoisotopic (exact) mass is 156 g/mol. The second-order valence-corrected chi connectivity index (χ2v) is 2.25. The molecule has 0 radical (unpaired) electrons. The zero-order chi connectivity index (χ0) is 8.10. The highest BCUT2D eigenvalue weighted by atomic mass is 16.5. The predicted octanol–water partition coefficient (Wildman–Crippen LogP) is 0.702. The van der Waals surface area contributed by atoms with Crippen LogP contribution in [0.3, 0.4) is 0 Å². The SMILES string of the molecule is COCc1cc(COC)[nH]n1. The number of hydrogen-bond donors (Lipinski definition) is 1. The van der Waals surface area contributed by atoms with Crippen molar-refractivity contribution in [1.82, 2.24) is 10.2 Å². The molecule has 0 spiro atoms. The maximum absolute atomic E-state index is 4.91. The fourth-order valence-corrected chi connectivity index (χ4v) is 0.861. The van der Waals surface area contributed by atoms with E-state index in [0.717, 1.165) is 11.4 Å². The summed E-state index contributed by atoms with van der Waals surface area (Å²) in [5, 5.41) is 6.83. The van der Waals surface area contributed by atoms with E-state index >= 15 is 0 Å². The van der Waals surface area contributed by atoms with Crippen molar-refractivity contribution in [3.63, 3.8) is 0 Å². The van der Waals surface area contributed by atoms with Gasteiger partial charge in [0.25, 0.3) is 0 Å². The van der Waals surface area contributed by atoms with Crippen LogP contribution in [0.5, 0.6) is 0 Å². The lowest BCUT2D eigenvalue weighted by Crippen LogP contribution is -1.85. The van der Waals surface area contributed by atoms with Crippen molar-refractivity contribution >= 4 is 0 Å². The Bertz CT molecular complexity index is 189. The third-order valence-electron chi connectivity index (χ3n) is 1.28. The van der Waals surface area contributed by atoms with Crippen LogP contribution in [0.25, 0.3) is 0 Å². The van der Waals surface area contributed by atoms with Gasteiger partial charge in [-0.2, -0.15) is 5.10 Å². The van der Waals surface area contributed by atoms with E-state index in [4.69, 9.17) is 9.47 Å². The number of rotatable bonds is 4. The van der Waals surface area contributed by atoms with Gasteiger partial charge in [-0.15, -0.1) is 0 Å². The van der Waals surface area contributed by atoms with E-state index < -0.39 is 0 Å². The molecular weight excluding hydrogens is 144 g/mol. The Kier molecular flexibility index (Phi) is 3.07. The van der Waals surface area contributed by atoms with Crippen molar-refractivity contribution in [2.24, 2.45) is 0 Å². The third-order valence-corrected chi connectivity index (χ3v) is 1.28. The van der Waals surface area contributed by atoms with E-state index in [1.54, 1.807) is 14.2 Å². The summed E-state index contributed by atoms with van der Waals surface area (Å²) >= 11 is 0. The summed E-state index contributed by atoms with van der Waals surface area (Å²) in [5.74, 6) is 0. The Morgan fingerprint density at radius 3 is 2.73 bits per heavy atom. The molecule has 0 aromatic carbocycles. The number of nitrogens with zero attached hydrogens (tertiary/aromatic N) is 1. The van der Waals surface area contributed by atoms with Crippen LogP contribution in [0.1, 0.15) is 11.4 Å². The molecule has 0 amide bonds. The van der Waals surface area contributed by atoms with E-state index in [9.17, 15) is 0 Å². The molecule has 0 aliphatic rings. The van der Waals surface area contributed by atoms with Crippen LogP contribution in [0, 0.1) is 0 Å². The minimum Gasteiger partial charge on any atom is -0.378 e. The van der Waals surface area contributed by atoms with Crippen molar-refractivity contribution in [1.29, 1.82) is 0 Å². The van der Waals surface area contributed by atoms with Crippen LogP contribution in [-0.2, 0) is 22.7 Å². The van der Waals surface area contributed by atoms with Crippen molar-refractivity contribution < 1.29 is 9.47 Å². The molecule has 1 rings (SSSR count). The van der Waals surface area contributed by atoms with Gasteiger partial charge in [-0.1, -0.05) is 0 Å². The van der Waals surface area contributed by atoms with Crippen molar-refractivity contribution in [3.05, 3.63) is 17.5 Å². The van der Waals surface area contributed by atoms with Gasteiger partial charge in [0.05, 0.1) is 24.6 Å². The summed E-state index contributed by atoms with van der Waals surface area (Å²) in [6.45, 7) is 1.11. The van der Waals surface area contributed by atoms with Gasteiger partial charge < -0.3 is 9.47 Å². The van der Waals surface area contributed by atoms with Crippen molar-refractivity contribution in [2.75, 3.05) is 14.2 Å². The molecule has 1 heterocycles. The standard InChI is InChI=1S/C7H12N2O2/c1-10-4-6-3-7(5-11-2)9-8-6/h3H,4-5H2,1-2H3,(H,8,9). The normalized spacial score (nSPS) is 10.4. The molecule has 0 aliphatic heterocycles. The number of aromatic nitrogens is 2. The van der Waals surface area contributed by atoms with Gasteiger partial charge in [0.2, 0.25) is 0 Å². The summed E-state index contributed by atoms with van der Waals surface area (Å²) in [6.07, 6.45) is 0. The number of nitrogens with one attached hydrogen (secondary N) is 1. The molecule has 0 saturated carbocycles. The zero-order valence-electron chi connectivity index (χ0n) is 6.76. The number of ether oxygens (including phenoxy) is 2. The van der Waals surface area contributed by atoms with E-state index in [-0.39, 0.29) is 0 Å². The minimum atomic E-state index is 0.542. The molecule has 4 nitrogen and oxygen atoms in total. The lowest BCUT2D eigenvalue weighted by Gasteiger charge is -1.90. The quantitative estimate of drug-likeness (QED) is 0.698. The van der Waals surface area contributed by atoms with Gasteiger partial charge >= 0.3 is 0 Å². The first kappa shape index (κ1) is 8.23. The summed E-state index contributed by atoms with van der Waals surface area (Å²) in [7, 11) is 3.29. The summed E-state index contributed by atoms with van der Waals surface area (Å²) < 4.78 is 9.80. The topological polar surface area (TPSA) is 47.1 Å². The first-order chi connectivity index (χ1) is 5.36. The van der Waals surface area contributed by atoms with E-state index in [0.29, 0.717) is 13.2 Å². The van der Waals surface area contributed by atoms with Crippen LogP contribution in [0.15, 0.2) is 6.07 Å². The third kappa shape index (κ3) is 2.32. The van der Waals surface area contributed by atoms with Crippen LogP contribution in [-0.4, -0.2) is 24.4 Å². The Balaban J connectivity index is 2.51. The lowest BCUT2D eigenvalue weighted by atomic mass is 10.4. The average Bonchev–Trinajstić information content (AvgIpc) is 2.38. The molecule has 11 heavy (non-hydrogen) atoms. The smallest absolute Gasteiger partial charge is 0.0902 e. The molecule has 0 fully saturated rings. The van der Waals surface area contributed by atoms with Gasteiger partial charge in [0.15, 0.2) is 0 Å². The molecule has 62 valence electrons. The predicted molar refractivity (Wildman–Crippen MR) is 40.0 cm³/mol. The van der Waals surface area contributed by atoms with E-state index in [2.05, 4.69) is 10.2 Å². The van der Waals surface area contributed by atoms with Gasteiger partial charge in [-0.05, 0) is 6.07 Å². The fraction of sp³-hybridized carbons (Fsp3) is 0.571. The van der Waals surface area contributed by atoms with Crippen molar-refractivity contribution in [3.8, 4) is 0 Å². The van der Waals surface area contributed by atoms with E-state index in [1.165, 1.54) is 0 Å². The first-order valence-electron chi connectivity index (χ1n) is 3.38. The van der Waals surface area contributed by atoms with Gasteiger partial charge in [0, 0.05) is 14.2 Å². The second-order valence-electron chi connectivity index (χ2n) is 2.25. The minimum absolute atomic E-state index is 0.542. The average molecular weight is 156 g/mol. The first-order valence-corrected chi connectivity index (χ1v) is 3.38. The molecule has 1 aromatic rings. The Morgan fingerprint density at radius 2 is 2.09 bits per heavy atom. The van der Waals surface area contributed by atoms with Gasteiger partial charge in [-0.25, -0.2) is 0 Å². The van der Waals surface area contributed by atoms with Crippen LogP contribution in [0.4, 0.5) is 0 Å². The molecular formula is C7H12N2O2. The molecule has 0 aliphatic carbocycles. The van der Waals surface area contributed by atoms with Gasteiger partial charge in [0.1, 0.15) is 0 Å². The van der Waals surface area contributed by atoms with E-state index in [1.807, 2.05) is 6.07 Å². The molecule has 1 N–H and O–H groups in total. The number of aromatic amines is 1. The van der Waals surface area contributed by atoms with Gasteiger partial charge in [-0.3, -0.25) is 5.10 Å². The lowest BCUT2D eigenvalue weighted by molar-refractivity contribution is 0.180. The molecule has 1 aromatic heterocycles. The highest BCUT2D eigenvalue weighted by Gasteiger charge is 1.98. The maximum Gasteiger partial charge on any atom is 0.0902 e. The Hall–Kier alpha value is -0.870. The molecule has 0 atom stereocenters. The Morgan fingerprint density at radius 1 is 1.36 bits per heavy atom. The summed E-state index contributed by atoms with van der Waals surface area (Å²) in [6, 6.07) is 1.92. The van der Waals surface area contributed by atoms with Crippen LogP contribution < -0.4 is 0 Å². The molecule has 0 saturated heterocycles. The molecule has 4 heteroatoms. The number of methoxy groups -OCH3 is 2. The van der Waals surface area contributed by atoms with Crippen LogP contribution in [0.2, 0.25) is 0 Å². The van der Waals surface area contributed by atoms with Crippen LogP contribution >= 0.6 is 0 Å². The fourth-order valence-electron chi connectivity index (χ4n) is 0.861. The summed E-state index contributed by atoms with van der Waals surface area (Å²) in [4.78, 5) is 0. The highest BCUT2D eigenvalue weighted by Crippen LogP contribution is 2.01. The number of hydrogen-bond acceptors (Lipinski definition) is 3. The zero-order valence-corrected chi connectivity index (χ0v) is 6.76. The summed E-state index contributed by atoms with van der Waals surface area (Å²) in [5.41, 5.74) is 1.87. The number of H-pyrrole nitrogens is 1. The maximum atomic E-state index is 4.91.